The number of allylic oxidation sites excluding steroid dienone is 5. The first-order chi connectivity index (χ1) is 40.9. The number of unbranched alkanes of at least 4 members (excludes halogenated alkanes) is 25. The summed E-state index contributed by atoms with van der Waals surface area (Å²) >= 11 is 3.93. The lowest BCUT2D eigenvalue weighted by molar-refractivity contribution is 0.357. The molecule has 0 N–H and O–H groups in total. The van der Waals surface area contributed by atoms with Gasteiger partial charge in [-0.05, 0) is 120 Å². The van der Waals surface area contributed by atoms with Crippen LogP contribution in [0.2, 0.25) is 0 Å². The van der Waals surface area contributed by atoms with Crippen LogP contribution in [0.25, 0.3) is 38.4 Å². The molecule has 0 radical (unpaired) electrons. The third-order valence-corrected chi connectivity index (χ3v) is 22.6. The van der Waals surface area contributed by atoms with Crippen molar-refractivity contribution in [2.24, 2.45) is 17.8 Å². The number of hydrogen-bond acceptors (Lipinski definition) is 3. The van der Waals surface area contributed by atoms with Crippen molar-refractivity contribution in [3.8, 4) is 9.75 Å². The van der Waals surface area contributed by atoms with Crippen LogP contribution in [-0.4, -0.2) is 18.2 Å². The summed E-state index contributed by atoms with van der Waals surface area (Å²) in [7, 11) is 2.46. The lowest BCUT2D eigenvalue weighted by Crippen LogP contribution is -2.30. The van der Waals surface area contributed by atoms with E-state index in [-0.39, 0.29) is 5.41 Å². The molecule has 0 amide bonds. The fraction of sp³-hybridized carbons (Fsp3) is 0.700. The fourth-order valence-corrected chi connectivity index (χ4v) is 16.5. The van der Waals surface area contributed by atoms with E-state index in [1.165, 1.54) is 326 Å². The number of fused-ring (bicyclic) bond motifs is 1. The average Bonchev–Trinajstić information content (AvgIpc) is 3.77. The van der Waals surface area contributed by atoms with Crippen LogP contribution >= 0.6 is 22.7 Å². The third-order valence-electron chi connectivity index (χ3n) is 19.8. The largest absolute Gasteiger partial charge is 0.374 e. The Kier molecular flexibility index (Phi) is 33.1. The molecule has 4 aromatic rings. The van der Waals surface area contributed by atoms with Gasteiger partial charge in [-0.2, -0.15) is 0 Å². The molecule has 6 rings (SSSR count). The average molecular weight is 1180 g/mol. The van der Waals surface area contributed by atoms with Crippen molar-refractivity contribution in [1.82, 2.24) is 4.57 Å². The summed E-state index contributed by atoms with van der Waals surface area (Å²) in [6, 6.07) is 14.8. The molecule has 3 unspecified atom stereocenters. The van der Waals surface area contributed by atoms with Gasteiger partial charge in [0.15, 0.2) is 0 Å². The monoisotopic (exact) mass is 1180 g/mol. The van der Waals surface area contributed by atoms with Crippen molar-refractivity contribution < 1.29 is 0 Å². The van der Waals surface area contributed by atoms with E-state index in [0.29, 0.717) is 17.8 Å². The zero-order valence-electron chi connectivity index (χ0n) is 56.2. The summed E-state index contributed by atoms with van der Waals surface area (Å²) in [5.41, 5.74) is 8.68. The highest BCUT2D eigenvalue weighted by molar-refractivity contribution is 7.22. The van der Waals surface area contributed by atoms with Gasteiger partial charge in [-0.3, -0.25) is 0 Å². The van der Waals surface area contributed by atoms with Crippen LogP contribution in [0.15, 0.2) is 66.8 Å². The quantitative estimate of drug-likeness (QED) is 0.0409. The summed E-state index contributed by atoms with van der Waals surface area (Å²) in [5, 5.41) is 4.16. The molecule has 0 spiro atoms. The number of thiophene rings is 2. The molecule has 1 aliphatic carbocycles. The SMILES string of the molecule is C=C/C(C1=CC=C(c2ccc(-c3ccc(C(C)(C)C)s3)s2)C1)=c1/cc2c3cc1N(C)CC(CCCCCCCCCCCC)CCCCCCCCCC(C)Cc3c(=C)n2CC(CCCCCCCCCC)CCCCCCCCCCCC. The van der Waals surface area contributed by atoms with E-state index < -0.39 is 0 Å². The zero-order chi connectivity index (χ0) is 59.8. The Labute approximate surface area is 527 Å². The zero-order valence-corrected chi connectivity index (χ0v) is 57.8. The maximum absolute atomic E-state index is 5.16. The van der Waals surface area contributed by atoms with E-state index in [1.54, 1.807) is 0 Å². The van der Waals surface area contributed by atoms with E-state index in [1.807, 2.05) is 22.7 Å². The highest BCUT2D eigenvalue weighted by Crippen LogP contribution is 2.43. The number of rotatable bonds is 37. The predicted molar refractivity (Wildman–Crippen MR) is 382 cm³/mol. The topological polar surface area (TPSA) is 8.17 Å². The van der Waals surface area contributed by atoms with Crippen LogP contribution in [0, 0.1) is 17.8 Å². The van der Waals surface area contributed by atoms with E-state index in [2.05, 4.69) is 120 Å². The second-order valence-electron chi connectivity index (χ2n) is 28.4. The molecule has 84 heavy (non-hydrogen) atoms. The molecular weight excluding hydrogens is 1050 g/mol. The predicted octanol–water partition coefficient (Wildman–Crippen LogP) is 25.4. The van der Waals surface area contributed by atoms with Crippen molar-refractivity contribution in [3.63, 3.8) is 0 Å². The van der Waals surface area contributed by atoms with E-state index in [4.69, 9.17) is 13.2 Å². The summed E-state index contributed by atoms with van der Waals surface area (Å²) in [6.07, 6.45) is 64.8. The Morgan fingerprint density at radius 2 is 1.11 bits per heavy atom. The Morgan fingerprint density at radius 1 is 0.607 bits per heavy atom. The van der Waals surface area contributed by atoms with Crippen molar-refractivity contribution in [2.45, 2.75) is 330 Å². The molecule has 3 atom stereocenters. The highest BCUT2D eigenvalue weighted by atomic mass is 32.1. The number of benzene rings is 1. The van der Waals surface area contributed by atoms with Crippen molar-refractivity contribution in [1.29, 1.82) is 0 Å². The number of nitrogens with zero attached hydrogens (tertiary/aromatic N) is 2. The van der Waals surface area contributed by atoms with Crippen molar-refractivity contribution >= 4 is 57.0 Å². The van der Waals surface area contributed by atoms with Gasteiger partial charge in [0.1, 0.15) is 0 Å². The molecule has 2 aliphatic rings. The lowest BCUT2D eigenvalue weighted by Gasteiger charge is -2.28. The second-order valence-corrected chi connectivity index (χ2v) is 30.5. The maximum atomic E-state index is 5.16. The van der Waals surface area contributed by atoms with Gasteiger partial charge < -0.3 is 9.47 Å². The van der Waals surface area contributed by atoms with Crippen LogP contribution in [0.1, 0.15) is 327 Å². The van der Waals surface area contributed by atoms with Gasteiger partial charge in [-0.1, -0.05) is 311 Å². The number of hydrogen-bond donors (Lipinski definition) is 0. The molecule has 4 heteroatoms. The van der Waals surface area contributed by atoms with E-state index >= 15 is 0 Å². The van der Waals surface area contributed by atoms with Gasteiger partial charge in [0.05, 0.1) is 0 Å². The molecule has 2 bridgehead atoms. The number of anilines is 1. The molecule has 0 saturated heterocycles. The fourth-order valence-electron chi connectivity index (χ4n) is 14.3. The maximum Gasteiger partial charge on any atom is 0.0495 e. The van der Waals surface area contributed by atoms with Crippen molar-refractivity contribution in [2.75, 3.05) is 18.5 Å². The van der Waals surface area contributed by atoms with Gasteiger partial charge in [0.25, 0.3) is 0 Å². The molecule has 470 valence electrons. The second kappa shape index (κ2) is 39.7. The summed E-state index contributed by atoms with van der Waals surface area (Å²) in [6.45, 7) is 28.6. The van der Waals surface area contributed by atoms with Gasteiger partial charge in [0.2, 0.25) is 0 Å². The molecule has 0 fully saturated rings. The Morgan fingerprint density at radius 3 is 1.65 bits per heavy atom. The standard InChI is InChI=1S/C80H128N2S2/c1-11-15-18-21-24-27-29-34-38-43-48-66-49-44-39-36-31-32-37-42-47-64(5)58-71-65(6)82(63-67(50-45-40-33-26-23-20-17-13-3)51-46-41-35-30-28-25-22-19-16-12-2)75-61-72(74(60-73(71)75)81(10)62-66)70(14-4)68-52-53-69(59-68)76-54-55-77(83-76)78-56-57-79(84-78)80(7,8)9/h14,52-57,60-61,64,66-67H,4,6,11-13,15-51,58-59,62-63H2,1-3,5,7-10H3/b72-70+. The van der Waals surface area contributed by atoms with Crippen LogP contribution in [-0.2, 0) is 18.4 Å². The summed E-state index contributed by atoms with van der Waals surface area (Å²) < 4.78 is 2.78. The minimum atomic E-state index is 0.167. The summed E-state index contributed by atoms with van der Waals surface area (Å²) in [4.78, 5) is 8.36. The molecular formula is C80H128N2S2. The lowest BCUT2D eigenvalue weighted by atomic mass is 9.91. The van der Waals surface area contributed by atoms with Crippen LogP contribution < -0.4 is 15.5 Å². The Balaban J connectivity index is 1.36. The third kappa shape index (κ3) is 23.8. The van der Waals surface area contributed by atoms with Crippen LogP contribution in [0.5, 0.6) is 0 Å². The van der Waals surface area contributed by atoms with E-state index in [0.717, 1.165) is 25.9 Å². The smallest absolute Gasteiger partial charge is 0.0495 e. The molecule has 2 nitrogen and oxygen atoms in total. The van der Waals surface area contributed by atoms with Gasteiger partial charge in [0, 0.05) is 66.8 Å². The molecule has 1 aliphatic heterocycles. The van der Waals surface area contributed by atoms with Gasteiger partial charge in [-0.15, -0.1) is 22.7 Å². The molecule has 1 aromatic carbocycles. The van der Waals surface area contributed by atoms with Gasteiger partial charge in [-0.25, -0.2) is 0 Å². The number of aromatic nitrogens is 1. The highest BCUT2D eigenvalue weighted by Gasteiger charge is 2.24. The first kappa shape index (κ1) is 70.0. The normalized spacial score (nSPS) is 17.6. The minimum Gasteiger partial charge on any atom is -0.374 e. The minimum absolute atomic E-state index is 0.167. The molecule has 0 saturated carbocycles. The van der Waals surface area contributed by atoms with E-state index in [9.17, 15) is 0 Å². The first-order valence-electron chi connectivity index (χ1n) is 36.3. The van der Waals surface area contributed by atoms with Crippen molar-refractivity contribution in [3.05, 3.63) is 92.7 Å². The summed E-state index contributed by atoms with van der Waals surface area (Å²) in [5.74, 6) is 2.00. The Bertz CT molecular complexity index is 2620. The molecule has 3 aromatic heterocycles. The van der Waals surface area contributed by atoms with Crippen LogP contribution in [0.3, 0.4) is 0 Å². The molecule has 4 heterocycles. The van der Waals surface area contributed by atoms with Gasteiger partial charge >= 0.3 is 0 Å². The van der Waals surface area contributed by atoms with Crippen LogP contribution in [0.4, 0.5) is 5.69 Å². The first-order valence-corrected chi connectivity index (χ1v) is 37.9. The Hall–Kier alpha value is -3.08.